The molecule has 7 nitrogen and oxygen atoms in total. The normalized spacial score (nSPS) is 34.9. The van der Waals surface area contributed by atoms with E-state index in [4.69, 9.17) is 0 Å². The molecule has 3 N–H and O–H groups in total. The molecule has 2 aliphatic carbocycles. The average molecular weight is 259 g/mol. The van der Waals surface area contributed by atoms with Crippen molar-refractivity contribution in [2.45, 2.75) is 6.42 Å². The Morgan fingerprint density at radius 1 is 1.24 bits per heavy atom. The average Bonchev–Trinajstić information content (AvgIpc) is 2.72. The van der Waals surface area contributed by atoms with Crippen molar-refractivity contribution < 1.29 is 23.1 Å². The molecule has 0 saturated heterocycles. The predicted octanol–water partition coefficient (Wildman–Crippen LogP) is -2.51. The zero-order valence-electron chi connectivity index (χ0n) is 8.70. The second-order valence-electron chi connectivity index (χ2n) is 4.33. The molecule has 2 aliphatic rings. The molecular weight excluding hydrogens is 248 g/mol. The Morgan fingerprint density at radius 2 is 1.76 bits per heavy atom. The van der Waals surface area contributed by atoms with Crippen LogP contribution < -0.4 is 15.0 Å². The molecule has 2 rings (SSSR count). The fourth-order valence-electron chi connectivity index (χ4n) is 2.71. The zero-order chi connectivity index (χ0) is 12.8. The van der Waals surface area contributed by atoms with Crippen LogP contribution in [0.2, 0.25) is 0 Å². The minimum absolute atomic E-state index is 0.260. The van der Waals surface area contributed by atoms with Gasteiger partial charge in [0.2, 0.25) is 5.91 Å². The number of rotatable bonds is 3. The van der Waals surface area contributed by atoms with Gasteiger partial charge in [-0.05, 0) is 18.3 Å². The van der Waals surface area contributed by atoms with Crippen LogP contribution in [0.1, 0.15) is 6.42 Å². The molecule has 8 heteroatoms. The van der Waals surface area contributed by atoms with Crippen LogP contribution in [0.15, 0.2) is 12.2 Å². The summed E-state index contributed by atoms with van der Waals surface area (Å²) in [6.45, 7) is 0. The molecule has 0 radical (unpaired) electrons. The van der Waals surface area contributed by atoms with Crippen molar-refractivity contribution in [1.82, 2.24) is 4.72 Å². The number of aliphatic carboxylic acids is 1. The first-order valence-corrected chi connectivity index (χ1v) is 6.58. The number of allylic oxidation sites excluding steroid dienone is 2. The van der Waals surface area contributed by atoms with Gasteiger partial charge in [-0.2, -0.15) is 8.42 Å². The van der Waals surface area contributed by atoms with Gasteiger partial charge in [0.25, 0.3) is 10.2 Å². The number of carboxylic acids is 1. The van der Waals surface area contributed by atoms with E-state index in [1.807, 2.05) is 0 Å². The van der Waals surface area contributed by atoms with Crippen molar-refractivity contribution in [3.05, 3.63) is 12.2 Å². The maximum Gasteiger partial charge on any atom is 0.298 e. The molecule has 0 unspecified atom stereocenters. The highest BCUT2D eigenvalue weighted by molar-refractivity contribution is 7.87. The maximum absolute atomic E-state index is 11.7. The van der Waals surface area contributed by atoms with Crippen LogP contribution in [0.25, 0.3) is 0 Å². The van der Waals surface area contributed by atoms with Crippen LogP contribution in [0.5, 0.6) is 0 Å². The Morgan fingerprint density at radius 3 is 2.24 bits per heavy atom. The number of carboxylic acid groups (broad SMARTS) is 1. The minimum Gasteiger partial charge on any atom is -0.550 e. The smallest absolute Gasteiger partial charge is 0.298 e. The molecule has 4 atom stereocenters. The lowest BCUT2D eigenvalue weighted by molar-refractivity contribution is -0.313. The maximum atomic E-state index is 11.7. The molecule has 0 aromatic carbocycles. The van der Waals surface area contributed by atoms with Gasteiger partial charge >= 0.3 is 0 Å². The van der Waals surface area contributed by atoms with Crippen molar-refractivity contribution >= 4 is 22.1 Å². The molecule has 2 bridgehead atoms. The van der Waals surface area contributed by atoms with Crippen molar-refractivity contribution in [3.8, 4) is 0 Å². The zero-order valence-corrected chi connectivity index (χ0v) is 9.51. The summed E-state index contributed by atoms with van der Waals surface area (Å²) in [5.41, 5.74) is 0. The summed E-state index contributed by atoms with van der Waals surface area (Å²) in [4.78, 5) is 22.6. The van der Waals surface area contributed by atoms with Gasteiger partial charge in [0.15, 0.2) is 0 Å². The Bertz CT molecular complexity index is 498. The summed E-state index contributed by atoms with van der Waals surface area (Å²) in [6, 6.07) is 0. The summed E-state index contributed by atoms with van der Waals surface area (Å²) >= 11 is 0. The molecule has 0 aliphatic heterocycles. The summed E-state index contributed by atoms with van der Waals surface area (Å²) in [7, 11) is -4.16. The highest BCUT2D eigenvalue weighted by Gasteiger charge is 2.49. The van der Waals surface area contributed by atoms with Gasteiger partial charge in [-0.15, -0.1) is 0 Å². The minimum atomic E-state index is -4.16. The predicted molar refractivity (Wildman–Crippen MR) is 54.0 cm³/mol. The van der Waals surface area contributed by atoms with Crippen LogP contribution in [-0.2, 0) is 19.8 Å². The largest absolute Gasteiger partial charge is 0.550 e. The number of carbonyl (C=O) groups is 2. The van der Waals surface area contributed by atoms with Gasteiger partial charge in [-0.3, -0.25) is 4.79 Å². The number of hydrogen-bond donors (Lipinski definition) is 2. The van der Waals surface area contributed by atoms with Crippen LogP contribution in [0, 0.1) is 23.7 Å². The monoisotopic (exact) mass is 259 g/mol. The summed E-state index contributed by atoms with van der Waals surface area (Å²) in [6.07, 6.45) is 3.99. The molecule has 1 amide bonds. The molecule has 0 aromatic heterocycles. The lowest BCUT2D eigenvalue weighted by Crippen LogP contribution is -2.47. The number of nitrogens with two attached hydrogens (primary N) is 1. The Labute approximate surface area is 97.9 Å². The van der Waals surface area contributed by atoms with Crippen molar-refractivity contribution in [1.29, 1.82) is 0 Å². The number of amides is 1. The Balaban J connectivity index is 2.23. The van der Waals surface area contributed by atoms with Crippen LogP contribution >= 0.6 is 0 Å². The van der Waals surface area contributed by atoms with Gasteiger partial charge in [0.05, 0.1) is 5.92 Å². The quantitative estimate of drug-likeness (QED) is 0.541. The van der Waals surface area contributed by atoms with Crippen molar-refractivity contribution in [2.24, 2.45) is 28.8 Å². The van der Waals surface area contributed by atoms with Crippen molar-refractivity contribution in [3.63, 3.8) is 0 Å². The Hall–Kier alpha value is -1.41. The standard InChI is InChI=1S/C9H12N2O5S/c10-17(15,16)11-8(12)6-4-1-2-5(3-4)7(6)9(13)14/h1-2,4-7H,3H2,(H,11,12)(H,13,14)(H2,10,15,16)/p-1/t4-,5+,6-,7+/m1/s1. The van der Waals surface area contributed by atoms with E-state index in [2.05, 4.69) is 5.14 Å². The van der Waals surface area contributed by atoms with E-state index in [-0.39, 0.29) is 11.8 Å². The highest BCUT2D eigenvalue weighted by Crippen LogP contribution is 2.47. The van der Waals surface area contributed by atoms with Crippen LogP contribution in [0.3, 0.4) is 0 Å². The van der Waals surface area contributed by atoms with Gasteiger partial charge in [0.1, 0.15) is 0 Å². The lowest BCUT2D eigenvalue weighted by atomic mass is 9.83. The van der Waals surface area contributed by atoms with Gasteiger partial charge in [-0.1, -0.05) is 12.2 Å². The summed E-state index contributed by atoms with van der Waals surface area (Å²) in [5.74, 6) is -4.64. The Kier molecular flexibility index (Phi) is 2.70. The number of hydrogen-bond acceptors (Lipinski definition) is 5. The van der Waals surface area contributed by atoms with Gasteiger partial charge in [-0.25, -0.2) is 9.86 Å². The summed E-state index contributed by atoms with van der Waals surface area (Å²) < 4.78 is 23.1. The molecular formula is C9H11N2O5S-. The van der Waals surface area contributed by atoms with Crippen LogP contribution in [0.4, 0.5) is 0 Å². The molecule has 17 heavy (non-hydrogen) atoms. The fourth-order valence-corrected chi connectivity index (χ4v) is 3.13. The molecule has 0 spiro atoms. The molecule has 0 aromatic rings. The van der Waals surface area contributed by atoms with E-state index in [0.717, 1.165) is 0 Å². The third kappa shape index (κ3) is 2.18. The molecule has 1 fully saturated rings. The number of fused-ring (bicyclic) bond motifs is 2. The highest BCUT2D eigenvalue weighted by atomic mass is 32.2. The number of carbonyl (C=O) groups excluding carboxylic acids is 2. The van der Waals surface area contributed by atoms with Crippen molar-refractivity contribution in [2.75, 3.05) is 0 Å². The van der Waals surface area contributed by atoms with E-state index in [1.54, 1.807) is 16.9 Å². The fraction of sp³-hybridized carbons (Fsp3) is 0.556. The SMILES string of the molecule is NS(=O)(=O)NC(=O)[C@H]1[C@@H](C(=O)[O-])[C@H]2C=C[C@@H]1C2. The molecule has 0 heterocycles. The van der Waals surface area contributed by atoms with Gasteiger partial charge in [0, 0.05) is 11.9 Å². The van der Waals surface area contributed by atoms with E-state index in [9.17, 15) is 23.1 Å². The topological polar surface area (TPSA) is 129 Å². The second-order valence-corrected chi connectivity index (χ2v) is 5.62. The van der Waals surface area contributed by atoms with Crippen LogP contribution in [-0.4, -0.2) is 20.3 Å². The van der Waals surface area contributed by atoms with E-state index in [0.29, 0.717) is 6.42 Å². The molecule has 1 saturated carbocycles. The third-order valence-electron chi connectivity index (χ3n) is 3.28. The van der Waals surface area contributed by atoms with Gasteiger partial charge < -0.3 is 9.90 Å². The summed E-state index contributed by atoms with van der Waals surface area (Å²) in [5, 5.41) is 15.6. The molecule has 94 valence electrons. The van der Waals surface area contributed by atoms with E-state index in [1.165, 1.54) is 0 Å². The first kappa shape index (κ1) is 12.1. The number of nitrogens with one attached hydrogen (secondary N) is 1. The van der Waals surface area contributed by atoms with E-state index < -0.39 is 33.9 Å². The first-order chi connectivity index (χ1) is 7.79. The second kappa shape index (κ2) is 3.81. The van der Waals surface area contributed by atoms with E-state index >= 15 is 0 Å². The lowest BCUT2D eigenvalue weighted by Gasteiger charge is -2.27. The third-order valence-corrected chi connectivity index (χ3v) is 3.76. The first-order valence-electron chi connectivity index (χ1n) is 5.03.